The van der Waals surface area contributed by atoms with Crippen LogP contribution in [0.5, 0.6) is 0 Å². The number of benzene rings is 3. The van der Waals surface area contributed by atoms with Crippen LogP contribution in [0.2, 0.25) is 0 Å². The van der Waals surface area contributed by atoms with Gasteiger partial charge in [0.2, 0.25) is 0 Å². The van der Waals surface area contributed by atoms with E-state index in [0.29, 0.717) is 0 Å². The summed E-state index contributed by atoms with van der Waals surface area (Å²) in [5.41, 5.74) is 11.1. The van der Waals surface area contributed by atoms with Crippen molar-refractivity contribution in [2.75, 3.05) is 0 Å². The van der Waals surface area contributed by atoms with Crippen LogP contribution in [0.1, 0.15) is 35.1 Å². The quantitative estimate of drug-likeness (QED) is 0.313. The van der Waals surface area contributed by atoms with Crippen molar-refractivity contribution in [3.8, 4) is 11.1 Å². The molecule has 1 atom stereocenters. The van der Waals surface area contributed by atoms with Crippen LogP contribution in [-0.4, -0.2) is 0 Å². The van der Waals surface area contributed by atoms with E-state index in [9.17, 15) is 0 Å². The topological polar surface area (TPSA) is 0 Å². The average molecular weight is 476 g/mol. The molecule has 0 aromatic heterocycles. The lowest BCUT2D eigenvalue weighted by atomic mass is 9.69. The zero-order chi connectivity index (χ0) is 18.2. The monoisotopic (exact) mass is 474 g/mol. The van der Waals surface area contributed by atoms with Crippen molar-refractivity contribution in [2.24, 2.45) is 0 Å². The molecule has 0 bridgehead atoms. The van der Waals surface area contributed by atoms with E-state index in [1.807, 2.05) is 0 Å². The van der Waals surface area contributed by atoms with Gasteiger partial charge in [-0.3, -0.25) is 0 Å². The van der Waals surface area contributed by atoms with E-state index in [0.717, 1.165) is 12.8 Å². The molecule has 0 radical (unpaired) electrons. The van der Waals surface area contributed by atoms with Gasteiger partial charge in [-0.2, -0.15) is 0 Å². The fraction of sp³-hybridized carbons (Fsp3) is 0.120. The number of hydrogen-bond donors (Lipinski definition) is 0. The molecule has 0 fully saturated rings. The third-order valence-electron chi connectivity index (χ3n) is 6.31. The molecule has 0 saturated heterocycles. The van der Waals surface area contributed by atoms with Crippen molar-refractivity contribution in [1.29, 1.82) is 0 Å². The Kier molecular flexibility index (Phi) is 3.31. The number of allylic oxidation sites excluding steroid dienone is 4. The second kappa shape index (κ2) is 5.56. The van der Waals surface area contributed by atoms with E-state index in [2.05, 4.69) is 105 Å². The van der Waals surface area contributed by atoms with Crippen LogP contribution in [0.3, 0.4) is 0 Å². The lowest BCUT2D eigenvalue weighted by Gasteiger charge is -2.32. The maximum atomic E-state index is 3.87. The van der Waals surface area contributed by atoms with Crippen molar-refractivity contribution in [3.63, 3.8) is 0 Å². The van der Waals surface area contributed by atoms with E-state index >= 15 is 0 Å². The van der Waals surface area contributed by atoms with Gasteiger partial charge < -0.3 is 0 Å². The van der Waals surface area contributed by atoms with E-state index in [1.165, 1.54) is 53.5 Å². The molecule has 0 N–H and O–H groups in total. The van der Waals surface area contributed by atoms with Crippen molar-refractivity contribution in [1.82, 2.24) is 0 Å². The maximum Gasteiger partial charge on any atom is 0.0723 e. The van der Waals surface area contributed by atoms with Crippen LogP contribution >= 0.6 is 31.9 Å². The minimum absolute atomic E-state index is 0.207. The minimum Gasteiger partial charge on any atom is -0.0839 e. The lowest BCUT2D eigenvalue weighted by Crippen LogP contribution is -2.27. The highest BCUT2D eigenvalue weighted by Gasteiger charge is 2.53. The molecular formula is C25H16Br2. The smallest absolute Gasteiger partial charge is 0.0723 e. The van der Waals surface area contributed by atoms with E-state index < -0.39 is 0 Å². The summed E-state index contributed by atoms with van der Waals surface area (Å²) in [6, 6.07) is 22.3. The van der Waals surface area contributed by atoms with Crippen LogP contribution in [-0.2, 0) is 5.41 Å². The molecule has 0 amide bonds. The van der Waals surface area contributed by atoms with Crippen molar-refractivity contribution in [3.05, 3.63) is 110 Å². The van der Waals surface area contributed by atoms with Gasteiger partial charge in [0.1, 0.15) is 0 Å². The number of hydrogen-bond acceptors (Lipinski definition) is 0. The lowest BCUT2D eigenvalue weighted by molar-refractivity contribution is 0.780. The molecule has 6 rings (SSSR count). The Hall–Kier alpha value is -1.90. The van der Waals surface area contributed by atoms with Gasteiger partial charge in [0.15, 0.2) is 0 Å². The van der Waals surface area contributed by atoms with Gasteiger partial charge in [-0.25, -0.2) is 0 Å². The summed E-state index contributed by atoms with van der Waals surface area (Å²) in [6.45, 7) is 0. The highest BCUT2D eigenvalue weighted by molar-refractivity contribution is 9.10. The summed E-state index contributed by atoms with van der Waals surface area (Å²) in [6.07, 6.45) is 6.95. The van der Waals surface area contributed by atoms with Gasteiger partial charge in [0.05, 0.1) is 5.41 Å². The molecule has 3 aromatic carbocycles. The largest absolute Gasteiger partial charge is 0.0839 e. The normalized spacial score (nSPS) is 21.3. The van der Waals surface area contributed by atoms with Crippen LogP contribution < -0.4 is 0 Å². The van der Waals surface area contributed by atoms with Gasteiger partial charge in [-0.15, -0.1) is 0 Å². The Labute approximate surface area is 175 Å². The summed E-state index contributed by atoms with van der Waals surface area (Å²) in [7, 11) is 0. The Balaban J connectivity index is 1.86. The summed E-state index contributed by atoms with van der Waals surface area (Å²) in [4.78, 5) is 0. The van der Waals surface area contributed by atoms with E-state index in [-0.39, 0.29) is 5.41 Å². The molecule has 3 aliphatic carbocycles. The number of rotatable bonds is 0. The minimum atomic E-state index is -0.207. The molecule has 3 aromatic rings. The highest BCUT2D eigenvalue weighted by atomic mass is 79.9. The second-order valence-electron chi connectivity index (χ2n) is 7.45. The predicted molar refractivity (Wildman–Crippen MR) is 119 cm³/mol. The van der Waals surface area contributed by atoms with Crippen LogP contribution in [0.4, 0.5) is 0 Å². The molecule has 0 heterocycles. The SMILES string of the molecule is Brc1cccc2c1C1=C(C=CCC1)C21c2ccccc2-c2c(Br)cccc21. The Morgan fingerprint density at radius 3 is 2.19 bits per heavy atom. The fourth-order valence-corrected chi connectivity index (χ4v) is 6.61. The molecule has 0 aliphatic heterocycles. The third-order valence-corrected chi connectivity index (χ3v) is 7.63. The summed E-state index contributed by atoms with van der Waals surface area (Å²) in [5, 5.41) is 0. The molecule has 1 spiro atoms. The predicted octanol–water partition coefficient (Wildman–Crippen LogP) is 7.64. The molecular weight excluding hydrogens is 460 g/mol. The van der Waals surface area contributed by atoms with Gasteiger partial charge in [-0.05, 0) is 63.9 Å². The Bertz CT molecular complexity index is 1200. The zero-order valence-corrected chi connectivity index (χ0v) is 17.8. The summed E-state index contributed by atoms with van der Waals surface area (Å²) >= 11 is 7.71. The molecule has 1 unspecified atom stereocenters. The van der Waals surface area contributed by atoms with Gasteiger partial charge in [-0.1, -0.05) is 92.5 Å². The molecule has 130 valence electrons. The molecule has 2 heteroatoms. The van der Waals surface area contributed by atoms with Gasteiger partial charge in [0, 0.05) is 14.5 Å². The van der Waals surface area contributed by atoms with Crippen molar-refractivity contribution < 1.29 is 0 Å². The van der Waals surface area contributed by atoms with Crippen LogP contribution in [0.25, 0.3) is 16.7 Å². The van der Waals surface area contributed by atoms with Crippen LogP contribution in [0.15, 0.2) is 87.3 Å². The van der Waals surface area contributed by atoms with Gasteiger partial charge >= 0.3 is 0 Å². The Morgan fingerprint density at radius 2 is 1.37 bits per heavy atom. The van der Waals surface area contributed by atoms with E-state index in [1.54, 1.807) is 0 Å². The molecule has 0 saturated carbocycles. The zero-order valence-electron chi connectivity index (χ0n) is 14.6. The fourth-order valence-electron chi connectivity index (χ4n) is 5.43. The first-order chi connectivity index (χ1) is 13.2. The second-order valence-corrected chi connectivity index (χ2v) is 9.16. The third kappa shape index (κ3) is 1.83. The Morgan fingerprint density at radius 1 is 0.704 bits per heavy atom. The average Bonchev–Trinajstić information content (AvgIpc) is 3.17. The van der Waals surface area contributed by atoms with Gasteiger partial charge in [0.25, 0.3) is 0 Å². The highest BCUT2D eigenvalue weighted by Crippen LogP contribution is 2.64. The maximum absolute atomic E-state index is 3.87. The standard InChI is InChI=1S/C25H16Br2/c26-21-13-5-11-19-23(21)15-7-1-3-9-17(15)25(19)18-10-4-2-8-16(18)24-20(25)12-6-14-22(24)27/h1,3-7,9-14H,2,8H2. The first-order valence-electron chi connectivity index (χ1n) is 9.33. The van der Waals surface area contributed by atoms with Crippen LogP contribution in [0, 0.1) is 0 Å². The first-order valence-corrected chi connectivity index (χ1v) is 10.9. The van der Waals surface area contributed by atoms with Crippen molar-refractivity contribution in [2.45, 2.75) is 18.3 Å². The summed E-state index contributed by atoms with van der Waals surface area (Å²) in [5.74, 6) is 0. The number of fused-ring (bicyclic) bond motifs is 9. The van der Waals surface area contributed by atoms with E-state index in [4.69, 9.17) is 0 Å². The molecule has 27 heavy (non-hydrogen) atoms. The summed E-state index contributed by atoms with van der Waals surface area (Å²) < 4.78 is 2.38. The first kappa shape index (κ1) is 16.1. The molecule has 0 nitrogen and oxygen atoms in total. The molecule has 3 aliphatic rings. The van der Waals surface area contributed by atoms with Crippen molar-refractivity contribution >= 4 is 37.4 Å². The number of halogens is 2.